The van der Waals surface area contributed by atoms with E-state index >= 15 is 0 Å². The molecular formula is C19H18ClN3O. The minimum Gasteiger partial charge on any atom is -0.325 e. The van der Waals surface area contributed by atoms with Gasteiger partial charge in [0.2, 0.25) is 5.91 Å². The number of aryl methyl sites for hydroxylation is 1. The minimum atomic E-state index is -0.0948. The number of likely N-dealkylation sites (N-methyl/N-ethyl adjacent to an activating group) is 1. The molecule has 0 radical (unpaired) electrons. The molecule has 3 rings (SSSR count). The summed E-state index contributed by atoms with van der Waals surface area (Å²) in [4.78, 5) is 14.4. The molecule has 0 aliphatic heterocycles. The van der Waals surface area contributed by atoms with Crippen molar-refractivity contribution in [3.05, 3.63) is 64.2 Å². The molecule has 1 aliphatic carbocycles. The van der Waals surface area contributed by atoms with Gasteiger partial charge in [0.05, 0.1) is 17.1 Å². The summed E-state index contributed by atoms with van der Waals surface area (Å²) < 4.78 is 0. The molecule has 4 nitrogen and oxygen atoms in total. The monoisotopic (exact) mass is 339 g/mol. The second-order valence-corrected chi connectivity index (χ2v) is 6.43. The normalized spacial score (nSPS) is 15.8. The van der Waals surface area contributed by atoms with Crippen LogP contribution in [0, 0.1) is 11.3 Å². The zero-order valence-electron chi connectivity index (χ0n) is 13.4. The van der Waals surface area contributed by atoms with Crippen LogP contribution in [0.3, 0.4) is 0 Å². The van der Waals surface area contributed by atoms with Crippen molar-refractivity contribution >= 4 is 23.2 Å². The van der Waals surface area contributed by atoms with Gasteiger partial charge in [0.15, 0.2) is 0 Å². The molecule has 0 saturated heterocycles. The van der Waals surface area contributed by atoms with Crippen LogP contribution in [0.1, 0.15) is 29.2 Å². The number of amides is 1. The molecule has 1 aliphatic rings. The number of carbonyl (C=O) groups is 1. The maximum absolute atomic E-state index is 12.3. The van der Waals surface area contributed by atoms with Gasteiger partial charge in [-0.15, -0.1) is 0 Å². The van der Waals surface area contributed by atoms with Gasteiger partial charge < -0.3 is 5.32 Å². The Hall–Kier alpha value is -2.35. The Morgan fingerprint density at radius 3 is 2.92 bits per heavy atom. The summed E-state index contributed by atoms with van der Waals surface area (Å²) in [6, 6.07) is 15.6. The van der Waals surface area contributed by atoms with Crippen molar-refractivity contribution in [3.63, 3.8) is 0 Å². The highest BCUT2D eigenvalue weighted by Crippen LogP contribution is 2.34. The van der Waals surface area contributed by atoms with E-state index in [1.54, 1.807) is 18.2 Å². The molecule has 0 aromatic heterocycles. The topological polar surface area (TPSA) is 56.1 Å². The molecule has 1 amide bonds. The smallest absolute Gasteiger partial charge is 0.238 e. The van der Waals surface area contributed by atoms with Crippen LogP contribution in [-0.4, -0.2) is 24.4 Å². The third kappa shape index (κ3) is 3.43. The summed E-state index contributed by atoms with van der Waals surface area (Å²) in [7, 11) is 1.97. The first-order valence-corrected chi connectivity index (χ1v) is 8.24. The molecule has 2 aromatic rings. The molecule has 1 N–H and O–H groups in total. The van der Waals surface area contributed by atoms with Gasteiger partial charge in [0.25, 0.3) is 0 Å². The van der Waals surface area contributed by atoms with Gasteiger partial charge >= 0.3 is 0 Å². The zero-order valence-corrected chi connectivity index (χ0v) is 14.2. The minimum absolute atomic E-state index is 0.0948. The van der Waals surface area contributed by atoms with Crippen LogP contribution in [0.2, 0.25) is 5.02 Å². The second kappa shape index (κ2) is 7.04. The summed E-state index contributed by atoms with van der Waals surface area (Å²) in [6.07, 6.45) is 2.09. The van der Waals surface area contributed by atoms with Crippen molar-refractivity contribution in [1.82, 2.24) is 4.90 Å². The maximum atomic E-state index is 12.3. The Labute approximate surface area is 146 Å². The summed E-state index contributed by atoms with van der Waals surface area (Å²) in [5, 5.41) is 12.1. The molecule has 1 unspecified atom stereocenters. The molecule has 0 fully saturated rings. The Balaban J connectivity index is 1.63. The van der Waals surface area contributed by atoms with Crippen LogP contribution < -0.4 is 5.32 Å². The number of anilines is 1. The van der Waals surface area contributed by atoms with E-state index < -0.39 is 0 Å². The molecule has 2 aromatic carbocycles. The highest BCUT2D eigenvalue weighted by molar-refractivity contribution is 6.32. The Bertz CT molecular complexity index is 812. The summed E-state index contributed by atoms with van der Waals surface area (Å²) in [5.74, 6) is -0.0948. The fourth-order valence-corrected chi connectivity index (χ4v) is 3.44. The van der Waals surface area contributed by atoms with Gasteiger partial charge in [0, 0.05) is 11.7 Å². The van der Waals surface area contributed by atoms with Crippen molar-refractivity contribution in [2.75, 3.05) is 18.9 Å². The lowest BCUT2D eigenvalue weighted by atomic mass is 10.1. The molecule has 0 bridgehead atoms. The van der Waals surface area contributed by atoms with E-state index in [9.17, 15) is 4.79 Å². The Morgan fingerprint density at radius 2 is 2.17 bits per heavy atom. The Morgan fingerprint density at radius 1 is 1.38 bits per heavy atom. The predicted molar refractivity (Wildman–Crippen MR) is 94.9 cm³/mol. The molecule has 24 heavy (non-hydrogen) atoms. The van der Waals surface area contributed by atoms with Gasteiger partial charge in [-0.05, 0) is 49.2 Å². The van der Waals surface area contributed by atoms with Gasteiger partial charge in [-0.25, -0.2) is 0 Å². The van der Waals surface area contributed by atoms with Crippen molar-refractivity contribution in [3.8, 4) is 6.07 Å². The van der Waals surface area contributed by atoms with Crippen LogP contribution in [0.25, 0.3) is 0 Å². The number of rotatable bonds is 4. The van der Waals surface area contributed by atoms with Crippen LogP contribution >= 0.6 is 11.6 Å². The first-order valence-electron chi connectivity index (χ1n) is 7.86. The number of nitriles is 1. The van der Waals surface area contributed by atoms with E-state index in [-0.39, 0.29) is 11.9 Å². The van der Waals surface area contributed by atoms with Crippen molar-refractivity contribution in [2.45, 2.75) is 18.9 Å². The highest BCUT2D eigenvalue weighted by Gasteiger charge is 2.26. The highest BCUT2D eigenvalue weighted by atomic mass is 35.5. The largest absolute Gasteiger partial charge is 0.325 e. The van der Waals surface area contributed by atoms with Crippen molar-refractivity contribution in [1.29, 1.82) is 5.26 Å². The van der Waals surface area contributed by atoms with Gasteiger partial charge in [-0.3, -0.25) is 9.69 Å². The molecule has 5 heteroatoms. The third-order valence-corrected chi connectivity index (χ3v) is 4.71. The number of hydrogen-bond donors (Lipinski definition) is 1. The maximum Gasteiger partial charge on any atom is 0.238 e. The predicted octanol–water partition coefficient (Wildman–Crippen LogP) is 3.77. The summed E-state index contributed by atoms with van der Waals surface area (Å²) >= 11 is 5.99. The molecular weight excluding hydrogens is 322 g/mol. The van der Waals surface area contributed by atoms with E-state index in [4.69, 9.17) is 16.9 Å². The van der Waals surface area contributed by atoms with Gasteiger partial charge in [0.1, 0.15) is 6.07 Å². The lowest BCUT2D eigenvalue weighted by Crippen LogP contribution is -2.32. The van der Waals surface area contributed by atoms with Crippen LogP contribution in [0.4, 0.5) is 5.69 Å². The summed E-state index contributed by atoms with van der Waals surface area (Å²) in [5.41, 5.74) is 3.68. The molecule has 122 valence electrons. The number of hydrogen-bond acceptors (Lipinski definition) is 3. The van der Waals surface area contributed by atoms with E-state index in [1.165, 1.54) is 11.1 Å². The second-order valence-electron chi connectivity index (χ2n) is 6.02. The first kappa shape index (κ1) is 16.5. The third-order valence-electron chi connectivity index (χ3n) is 4.40. The fraction of sp³-hybridized carbons (Fsp3) is 0.263. The first-order chi connectivity index (χ1) is 11.6. The van der Waals surface area contributed by atoms with Crippen LogP contribution in [0.5, 0.6) is 0 Å². The standard InChI is InChI=1S/C19H18ClN3O/c1-23(18-9-7-13-4-2-3-5-16(13)18)12-19(24)22-15-8-6-14(11-21)17(20)10-15/h2-6,8,10,18H,7,9,12H2,1H3,(H,22,24). The number of halogens is 1. The van der Waals surface area contributed by atoms with Gasteiger partial charge in [-0.2, -0.15) is 5.26 Å². The molecule has 0 saturated carbocycles. The SMILES string of the molecule is CN(CC(=O)Nc1ccc(C#N)c(Cl)c1)C1CCc2ccccc21. The number of nitrogens with one attached hydrogen (secondary N) is 1. The van der Waals surface area contributed by atoms with E-state index in [0.29, 0.717) is 22.8 Å². The number of carbonyl (C=O) groups excluding carboxylic acids is 1. The van der Waals surface area contributed by atoms with Gasteiger partial charge in [-0.1, -0.05) is 35.9 Å². The summed E-state index contributed by atoms with van der Waals surface area (Å²) in [6.45, 7) is 0.302. The Kier molecular flexibility index (Phi) is 4.84. The lowest BCUT2D eigenvalue weighted by molar-refractivity contribution is -0.117. The van der Waals surface area contributed by atoms with Crippen LogP contribution in [0.15, 0.2) is 42.5 Å². The molecule has 0 spiro atoms. The number of fused-ring (bicyclic) bond motifs is 1. The number of nitrogens with zero attached hydrogens (tertiary/aromatic N) is 2. The quantitative estimate of drug-likeness (QED) is 0.922. The van der Waals surface area contributed by atoms with E-state index in [1.807, 2.05) is 19.2 Å². The van der Waals surface area contributed by atoms with E-state index in [0.717, 1.165) is 12.8 Å². The fourth-order valence-electron chi connectivity index (χ4n) is 3.21. The van der Waals surface area contributed by atoms with E-state index in [2.05, 4.69) is 28.4 Å². The van der Waals surface area contributed by atoms with Crippen molar-refractivity contribution < 1.29 is 4.79 Å². The van der Waals surface area contributed by atoms with Crippen molar-refractivity contribution in [2.24, 2.45) is 0 Å². The molecule has 1 atom stereocenters. The number of benzene rings is 2. The average molecular weight is 340 g/mol. The van der Waals surface area contributed by atoms with Crippen LogP contribution in [-0.2, 0) is 11.2 Å². The average Bonchev–Trinajstić information content (AvgIpc) is 2.99. The lowest BCUT2D eigenvalue weighted by Gasteiger charge is -2.24. The molecule has 0 heterocycles. The zero-order chi connectivity index (χ0) is 17.1.